The van der Waals surface area contributed by atoms with Gasteiger partial charge in [0, 0.05) is 0 Å². The van der Waals surface area contributed by atoms with Crippen LogP contribution >= 0.6 is 0 Å². The average Bonchev–Trinajstić information content (AvgIpc) is 2.13. The molecule has 0 spiro atoms. The van der Waals surface area contributed by atoms with Crippen molar-refractivity contribution in [3.63, 3.8) is 0 Å². The minimum atomic E-state index is 0.0682. The Hall–Kier alpha value is -0.692. The van der Waals surface area contributed by atoms with E-state index in [1.165, 1.54) is 18.8 Å². The van der Waals surface area contributed by atoms with Crippen LogP contribution in [0.3, 0.4) is 0 Å². The van der Waals surface area contributed by atoms with E-state index >= 15 is 0 Å². The second-order valence-electron chi connectivity index (χ2n) is 5.66. The van der Waals surface area contributed by atoms with Crippen LogP contribution < -0.4 is 10.2 Å². The van der Waals surface area contributed by atoms with E-state index < -0.39 is 0 Å². The summed E-state index contributed by atoms with van der Waals surface area (Å²) in [6.45, 7) is 8.96. The first kappa shape index (κ1) is 12.8. The number of nitrogens with zero attached hydrogens (tertiary/aromatic N) is 2. The van der Waals surface area contributed by atoms with Crippen LogP contribution in [0.25, 0.3) is 0 Å². The summed E-state index contributed by atoms with van der Waals surface area (Å²) in [4.78, 5) is 6.83. The van der Waals surface area contributed by atoms with E-state index in [0.29, 0.717) is 0 Å². The van der Waals surface area contributed by atoms with Gasteiger partial charge in [0.25, 0.3) is 0 Å². The molecule has 1 fully saturated rings. The molecule has 1 unspecified atom stereocenters. The Labute approximate surface area is 111 Å². The third-order valence-electron chi connectivity index (χ3n) is 2.90. The molecule has 1 saturated heterocycles. The van der Waals surface area contributed by atoms with Gasteiger partial charge in [0.15, 0.2) is 0 Å². The third-order valence-corrected chi connectivity index (χ3v) is 5.38. The van der Waals surface area contributed by atoms with Crippen LogP contribution in [0.5, 0.6) is 0 Å². The number of aromatic nitrogens is 1. The summed E-state index contributed by atoms with van der Waals surface area (Å²) in [5.41, 5.74) is 3.77. The Morgan fingerprint density at radius 2 is 2.12 bits per heavy atom. The molecule has 0 saturated carbocycles. The van der Waals surface area contributed by atoms with Crippen LogP contribution in [0.15, 0.2) is 18.3 Å². The van der Waals surface area contributed by atoms with Gasteiger partial charge in [-0.2, -0.15) is 0 Å². The van der Waals surface area contributed by atoms with E-state index in [2.05, 4.69) is 53.8 Å². The van der Waals surface area contributed by atoms with Crippen LogP contribution in [0, 0.1) is 0 Å². The van der Waals surface area contributed by atoms with Crippen LogP contribution in [-0.4, -0.2) is 39.4 Å². The fraction of sp³-hybridized carbons (Fsp3) is 0.615. The molecule has 1 N–H and O–H groups in total. The first-order chi connectivity index (χ1) is 7.98. The molecule has 3 nitrogen and oxygen atoms in total. The van der Waals surface area contributed by atoms with Gasteiger partial charge in [0.05, 0.1) is 0 Å². The molecule has 0 radical (unpaired) electrons. The summed E-state index contributed by atoms with van der Waals surface area (Å²) in [7, 11) is 0. The topological polar surface area (TPSA) is 28.2 Å². The Kier molecular flexibility index (Phi) is 3.67. The van der Waals surface area contributed by atoms with Gasteiger partial charge in [0.2, 0.25) is 0 Å². The van der Waals surface area contributed by atoms with Crippen molar-refractivity contribution in [1.82, 2.24) is 4.98 Å². The third kappa shape index (κ3) is 3.38. The molecule has 0 aromatic carbocycles. The second-order valence-corrected chi connectivity index (χ2v) is 8.59. The van der Waals surface area contributed by atoms with Crippen molar-refractivity contribution in [2.24, 2.45) is 0 Å². The summed E-state index contributed by atoms with van der Waals surface area (Å²) >= 11 is 0.289. The van der Waals surface area contributed by atoms with Crippen molar-refractivity contribution in [3.8, 4) is 0 Å². The zero-order valence-corrected chi connectivity index (χ0v) is 13.2. The fourth-order valence-corrected chi connectivity index (χ4v) is 3.63. The number of anilines is 2. The van der Waals surface area contributed by atoms with Crippen molar-refractivity contribution in [3.05, 3.63) is 18.3 Å². The average molecular weight is 295 g/mol. The second kappa shape index (κ2) is 4.89. The van der Waals surface area contributed by atoms with E-state index in [1.807, 2.05) is 6.20 Å². The SMILES string of the molecule is C[AsH]C1CN(c2ccnc(NC(C)(C)C)c2)C1. The number of hydrogen-bond acceptors (Lipinski definition) is 3. The molecule has 1 aromatic rings. The molecule has 2 rings (SSSR count). The molecule has 1 aliphatic rings. The maximum absolute atomic E-state index is 4.37. The number of rotatable bonds is 3. The minimum absolute atomic E-state index is 0.0682. The molecular formula is C13H22AsN3. The predicted octanol–water partition coefficient (Wildman–Crippen LogP) is 2.39. The fourth-order valence-electron chi connectivity index (χ4n) is 1.94. The van der Waals surface area contributed by atoms with Gasteiger partial charge in [-0.15, -0.1) is 0 Å². The van der Waals surface area contributed by atoms with Crippen LogP contribution in [-0.2, 0) is 0 Å². The van der Waals surface area contributed by atoms with Crippen LogP contribution in [0.2, 0.25) is 10.4 Å². The molecule has 0 aliphatic carbocycles. The van der Waals surface area contributed by atoms with Gasteiger partial charge >= 0.3 is 111 Å². The van der Waals surface area contributed by atoms with Gasteiger partial charge in [-0.3, -0.25) is 0 Å². The number of nitrogens with one attached hydrogen (secondary N) is 1. The predicted molar refractivity (Wildman–Crippen MR) is 76.6 cm³/mol. The molecule has 0 bridgehead atoms. The van der Waals surface area contributed by atoms with Gasteiger partial charge < -0.3 is 0 Å². The molecule has 94 valence electrons. The van der Waals surface area contributed by atoms with Crippen molar-refractivity contribution in [1.29, 1.82) is 0 Å². The molecule has 2 heterocycles. The quantitative estimate of drug-likeness (QED) is 0.868. The molecule has 1 aromatic heterocycles. The summed E-state index contributed by atoms with van der Waals surface area (Å²) in [6.07, 6.45) is 1.90. The molecule has 17 heavy (non-hydrogen) atoms. The number of hydrogen-bond donors (Lipinski definition) is 1. The Morgan fingerprint density at radius 3 is 2.71 bits per heavy atom. The van der Waals surface area contributed by atoms with Crippen molar-refractivity contribution < 1.29 is 0 Å². The monoisotopic (exact) mass is 295 g/mol. The van der Waals surface area contributed by atoms with Gasteiger partial charge in [-0.1, -0.05) is 0 Å². The zero-order chi connectivity index (χ0) is 12.5. The molecule has 4 heteroatoms. The Balaban J connectivity index is 2.03. The normalized spacial score (nSPS) is 17.5. The van der Waals surface area contributed by atoms with Gasteiger partial charge in [0.1, 0.15) is 0 Å². The first-order valence-electron chi connectivity index (χ1n) is 6.14. The summed E-state index contributed by atoms with van der Waals surface area (Å²) < 4.78 is 1.00. The summed E-state index contributed by atoms with van der Waals surface area (Å²) in [5, 5.41) is 3.42. The van der Waals surface area contributed by atoms with E-state index in [4.69, 9.17) is 0 Å². The molecule has 0 amide bonds. The summed E-state index contributed by atoms with van der Waals surface area (Å²) in [6, 6.07) is 4.27. The number of pyridine rings is 1. The van der Waals surface area contributed by atoms with E-state index in [-0.39, 0.29) is 21.3 Å². The standard InChI is InChI=1S/C13H22AsN3/c1-13(2,3)16-12-7-11(5-6-15-12)17-8-10(9-17)14-4/h5-7,10,14H,8-9H2,1-4H3,(H,15,16). The van der Waals surface area contributed by atoms with E-state index in [1.54, 1.807) is 0 Å². The van der Waals surface area contributed by atoms with Gasteiger partial charge in [-0.05, 0) is 0 Å². The maximum atomic E-state index is 4.37. The van der Waals surface area contributed by atoms with Crippen molar-refractivity contribution in [2.75, 3.05) is 23.3 Å². The molecular weight excluding hydrogens is 273 g/mol. The molecule has 1 aliphatic heterocycles. The van der Waals surface area contributed by atoms with Crippen molar-refractivity contribution in [2.45, 2.75) is 36.7 Å². The van der Waals surface area contributed by atoms with Crippen LogP contribution in [0.1, 0.15) is 20.8 Å². The van der Waals surface area contributed by atoms with E-state index in [0.717, 1.165) is 10.5 Å². The Bertz CT molecular complexity index is 380. The summed E-state index contributed by atoms with van der Waals surface area (Å²) in [5.74, 6) is 0.978. The molecule has 1 atom stereocenters. The van der Waals surface area contributed by atoms with Crippen molar-refractivity contribution >= 4 is 27.3 Å². The zero-order valence-electron chi connectivity index (χ0n) is 11.1. The van der Waals surface area contributed by atoms with Crippen LogP contribution in [0.4, 0.5) is 11.5 Å². The van der Waals surface area contributed by atoms with Gasteiger partial charge in [-0.25, -0.2) is 0 Å². The Morgan fingerprint density at radius 1 is 1.41 bits per heavy atom. The first-order valence-corrected chi connectivity index (χ1v) is 9.45. The van der Waals surface area contributed by atoms with E-state index in [9.17, 15) is 0 Å².